The molecule has 0 saturated carbocycles. The second kappa shape index (κ2) is 6.82. The van der Waals surface area contributed by atoms with Crippen molar-refractivity contribution in [1.82, 2.24) is 10.2 Å². The van der Waals surface area contributed by atoms with E-state index in [0.717, 1.165) is 26.1 Å². The molecule has 1 amide bonds. The van der Waals surface area contributed by atoms with Gasteiger partial charge in [-0.1, -0.05) is 26.2 Å². The average molecular weight is 198 g/mol. The lowest BCUT2D eigenvalue weighted by molar-refractivity contribution is -0.129. The van der Waals surface area contributed by atoms with E-state index in [1.807, 2.05) is 4.90 Å². The second-order valence-corrected chi connectivity index (χ2v) is 3.97. The number of nitrogens with zero attached hydrogens (tertiary/aromatic N) is 1. The monoisotopic (exact) mass is 198 g/mol. The first-order valence-corrected chi connectivity index (χ1v) is 5.83. The van der Waals surface area contributed by atoms with E-state index in [-0.39, 0.29) is 5.91 Å². The molecule has 0 aromatic rings. The molecule has 0 bridgehead atoms. The quantitative estimate of drug-likeness (QED) is 0.677. The van der Waals surface area contributed by atoms with Crippen LogP contribution in [0.1, 0.15) is 39.0 Å². The van der Waals surface area contributed by atoms with Crippen LogP contribution in [0.15, 0.2) is 0 Å². The molecule has 0 radical (unpaired) electrons. The summed E-state index contributed by atoms with van der Waals surface area (Å²) in [7, 11) is 0. The van der Waals surface area contributed by atoms with Crippen LogP contribution in [0, 0.1) is 0 Å². The number of carbonyl (C=O) groups is 1. The molecule has 1 rings (SSSR count). The van der Waals surface area contributed by atoms with E-state index in [1.54, 1.807) is 0 Å². The molecule has 1 fully saturated rings. The first kappa shape index (κ1) is 11.5. The SMILES string of the molecule is CCCCCCN1CCCNCC1=O. The Bertz CT molecular complexity index is 171. The Morgan fingerprint density at radius 1 is 1.36 bits per heavy atom. The van der Waals surface area contributed by atoms with Crippen molar-refractivity contribution < 1.29 is 4.79 Å². The molecule has 1 aliphatic heterocycles. The van der Waals surface area contributed by atoms with Gasteiger partial charge in [0, 0.05) is 13.1 Å². The topological polar surface area (TPSA) is 32.3 Å². The van der Waals surface area contributed by atoms with Crippen LogP contribution in [-0.2, 0) is 4.79 Å². The van der Waals surface area contributed by atoms with Gasteiger partial charge in [-0.25, -0.2) is 0 Å². The van der Waals surface area contributed by atoms with Crippen LogP contribution in [-0.4, -0.2) is 37.0 Å². The van der Waals surface area contributed by atoms with Gasteiger partial charge in [-0.15, -0.1) is 0 Å². The number of carbonyl (C=O) groups excluding carboxylic acids is 1. The fraction of sp³-hybridized carbons (Fsp3) is 0.909. The van der Waals surface area contributed by atoms with Crippen molar-refractivity contribution in [3.05, 3.63) is 0 Å². The minimum atomic E-state index is 0.277. The molecule has 3 nitrogen and oxygen atoms in total. The summed E-state index contributed by atoms with van der Waals surface area (Å²) >= 11 is 0. The van der Waals surface area contributed by atoms with E-state index in [4.69, 9.17) is 0 Å². The second-order valence-electron chi connectivity index (χ2n) is 3.97. The van der Waals surface area contributed by atoms with Crippen LogP contribution >= 0.6 is 0 Å². The lowest BCUT2D eigenvalue weighted by atomic mass is 10.2. The van der Waals surface area contributed by atoms with Gasteiger partial charge in [-0.3, -0.25) is 4.79 Å². The number of rotatable bonds is 5. The molecule has 0 atom stereocenters. The number of nitrogens with one attached hydrogen (secondary N) is 1. The van der Waals surface area contributed by atoms with Gasteiger partial charge < -0.3 is 10.2 Å². The highest BCUT2D eigenvalue weighted by Gasteiger charge is 2.14. The van der Waals surface area contributed by atoms with Gasteiger partial charge in [0.25, 0.3) is 0 Å². The highest BCUT2D eigenvalue weighted by Crippen LogP contribution is 2.03. The third-order valence-electron chi connectivity index (χ3n) is 2.69. The van der Waals surface area contributed by atoms with Crippen LogP contribution < -0.4 is 5.32 Å². The average Bonchev–Trinajstić information content (AvgIpc) is 2.39. The molecule has 82 valence electrons. The number of hydrogen-bond acceptors (Lipinski definition) is 2. The van der Waals surface area contributed by atoms with Crippen LogP contribution in [0.3, 0.4) is 0 Å². The summed E-state index contributed by atoms with van der Waals surface area (Å²) in [6.45, 7) is 5.63. The molecule has 1 aliphatic rings. The highest BCUT2D eigenvalue weighted by atomic mass is 16.2. The van der Waals surface area contributed by atoms with Crippen molar-refractivity contribution in [3.63, 3.8) is 0 Å². The van der Waals surface area contributed by atoms with Crippen molar-refractivity contribution in [3.8, 4) is 0 Å². The van der Waals surface area contributed by atoms with E-state index in [9.17, 15) is 4.79 Å². The Kier molecular flexibility index (Phi) is 5.60. The molecule has 1 heterocycles. The molecule has 3 heteroatoms. The zero-order valence-electron chi connectivity index (χ0n) is 9.22. The summed E-state index contributed by atoms with van der Waals surface area (Å²) in [5, 5.41) is 3.14. The normalized spacial score (nSPS) is 18.4. The third kappa shape index (κ3) is 4.09. The van der Waals surface area contributed by atoms with Gasteiger partial charge in [-0.05, 0) is 19.4 Å². The molecule has 0 spiro atoms. The predicted octanol–water partition coefficient (Wildman–Crippen LogP) is 1.39. The summed E-state index contributed by atoms with van der Waals surface area (Å²) in [6.07, 6.45) is 6.07. The van der Waals surface area contributed by atoms with Gasteiger partial charge in [-0.2, -0.15) is 0 Å². The highest BCUT2D eigenvalue weighted by molar-refractivity contribution is 5.78. The minimum Gasteiger partial charge on any atom is -0.342 e. The molecule has 1 saturated heterocycles. The Labute approximate surface area is 86.9 Å². The zero-order valence-corrected chi connectivity index (χ0v) is 9.22. The van der Waals surface area contributed by atoms with E-state index in [2.05, 4.69) is 12.2 Å². The molecule has 0 aromatic heterocycles. The molecule has 0 aromatic carbocycles. The van der Waals surface area contributed by atoms with Crippen molar-refractivity contribution in [1.29, 1.82) is 0 Å². The smallest absolute Gasteiger partial charge is 0.236 e. The van der Waals surface area contributed by atoms with Crippen LogP contribution in [0.2, 0.25) is 0 Å². The maximum atomic E-state index is 11.5. The van der Waals surface area contributed by atoms with E-state index >= 15 is 0 Å². The van der Waals surface area contributed by atoms with Crippen molar-refractivity contribution in [2.24, 2.45) is 0 Å². The number of hydrogen-bond donors (Lipinski definition) is 1. The first-order chi connectivity index (χ1) is 6.84. The molecule has 0 unspecified atom stereocenters. The van der Waals surface area contributed by atoms with Gasteiger partial charge >= 0.3 is 0 Å². The molecular formula is C11H22N2O. The summed E-state index contributed by atoms with van der Waals surface area (Å²) in [5.41, 5.74) is 0. The van der Waals surface area contributed by atoms with E-state index in [1.165, 1.54) is 25.7 Å². The number of amides is 1. The summed E-state index contributed by atoms with van der Waals surface area (Å²) in [4.78, 5) is 13.6. The van der Waals surface area contributed by atoms with Gasteiger partial charge in [0.1, 0.15) is 0 Å². The molecule has 1 N–H and O–H groups in total. The van der Waals surface area contributed by atoms with Gasteiger partial charge in [0.15, 0.2) is 0 Å². The third-order valence-corrected chi connectivity index (χ3v) is 2.69. The Morgan fingerprint density at radius 2 is 2.21 bits per heavy atom. The number of unbranched alkanes of at least 4 members (excludes halogenated alkanes) is 3. The maximum Gasteiger partial charge on any atom is 0.236 e. The first-order valence-electron chi connectivity index (χ1n) is 5.83. The van der Waals surface area contributed by atoms with Crippen molar-refractivity contribution in [2.45, 2.75) is 39.0 Å². The predicted molar refractivity (Wildman–Crippen MR) is 58.2 cm³/mol. The Morgan fingerprint density at radius 3 is 3.00 bits per heavy atom. The molecular weight excluding hydrogens is 176 g/mol. The zero-order chi connectivity index (χ0) is 10.2. The molecule has 0 aliphatic carbocycles. The summed E-state index contributed by atoms with van der Waals surface area (Å²) < 4.78 is 0. The lowest BCUT2D eigenvalue weighted by Gasteiger charge is -2.19. The van der Waals surface area contributed by atoms with Crippen molar-refractivity contribution in [2.75, 3.05) is 26.2 Å². The van der Waals surface area contributed by atoms with Gasteiger partial charge in [0.2, 0.25) is 5.91 Å². The maximum absolute atomic E-state index is 11.5. The van der Waals surface area contributed by atoms with E-state index in [0.29, 0.717) is 6.54 Å². The standard InChI is InChI=1S/C11H22N2O/c1-2-3-4-5-8-13-9-6-7-12-10-11(13)14/h12H,2-10H2,1H3. The fourth-order valence-electron chi connectivity index (χ4n) is 1.79. The molecule has 14 heavy (non-hydrogen) atoms. The lowest BCUT2D eigenvalue weighted by Crippen LogP contribution is -2.35. The van der Waals surface area contributed by atoms with E-state index < -0.39 is 0 Å². The van der Waals surface area contributed by atoms with Crippen LogP contribution in [0.25, 0.3) is 0 Å². The van der Waals surface area contributed by atoms with Gasteiger partial charge in [0.05, 0.1) is 6.54 Å². The van der Waals surface area contributed by atoms with Crippen LogP contribution in [0.5, 0.6) is 0 Å². The Hall–Kier alpha value is -0.570. The van der Waals surface area contributed by atoms with Crippen LogP contribution in [0.4, 0.5) is 0 Å². The Balaban J connectivity index is 2.16. The summed E-state index contributed by atoms with van der Waals surface area (Å²) in [5.74, 6) is 0.277. The fourth-order valence-corrected chi connectivity index (χ4v) is 1.79. The largest absolute Gasteiger partial charge is 0.342 e. The minimum absolute atomic E-state index is 0.277. The summed E-state index contributed by atoms with van der Waals surface area (Å²) in [6, 6.07) is 0. The van der Waals surface area contributed by atoms with Crippen molar-refractivity contribution >= 4 is 5.91 Å².